The number of benzene rings is 1. The molecule has 5 nitrogen and oxygen atoms in total. The highest BCUT2D eigenvalue weighted by Gasteiger charge is 2.27. The highest BCUT2D eigenvalue weighted by Crippen LogP contribution is 2.37. The van der Waals surface area contributed by atoms with E-state index < -0.39 is 0 Å². The van der Waals surface area contributed by atoms with Gasteiger partial charge in [-0.2, -0.15) is 0 Å². The van der Waals surface area contributed by atoms with Gasteiger partial charge in [-0.05, 0) is 53.8 Å². The fourth-order valence-corrected chi connectivity index (χ4v) is 5.16. The molecule has 2 aromatic heterocycles. The maximum atomic E-state index is 12.7. The van der Waals surface area contributed by atoms with Crippen molar-refractivity contribution in [3.05, 3.63) is 63.7 Å². The number of nitrogens with one attached hydrogen (secondary N) is 1. The van der Waals surface area contributed by atoms with Crippen LogP contribution in [0.15, 0.2) is 42.2 Å². The van der Waals surface area contributed by atoms with E-state index in [-0.39, 0.29) is 12.0 Å². The normalized spacial score (nSPS) is 17.5. The highest BCUT2D eigenvalue weighted by molar-refractivity contribution is 7.12. The Morgan fingerprint density at radius 1 is 1.21 bits per heavy atom. The van der Waals surface area contributed by atoms with E-state index in [2.05, 4.69) is 26.7 Å². The standard InChI is InChI=1S/C22H21N3O2S/c26-22(21-17-6-2-1-4-15(17)13-28-21)25-11-16-10-14-5-3-7-18(20(14)27-16)19-12-23-8-9-24-19/h3,5,7-9,12-13,16H,1-2,4,6,10-11H2,(H,25,26)/t16-/m1/s1. The molecule has 0 saturated heterocycles. The second kappa shape index (κ2) is 7.36. The summed E-state index contributed by atoms with van der Waals surface area (Å²) in [4.78, 5) is 22.1. The second-order valence-corrected chi connectivity index (χ2v) is 8.19. The molecular formula is C22H21N3O2S. The van der Waals surface area contributed by atoms with Gasteiger partial charge in [-0.3, -0.25) is 14.8 Å². The summed E-state index contributed by atoms with van der Waals surface area (Å²) in [7, 11) is 0. The van der Waals surface area contributed by atoms with Crippen molar-refractivity contribution in [2.24, 2.45) is 0 Å². The number of rotatable bonds is 4. The molecule has 142 valence electrons. The molecule has 1 aliphatic carbocycles. The van der Waals surface area contributed by atoms with Crippen LogP contribution in [-0.4, -0.2) is 28.5 Å². The molecule has 1 amide bonds. The van der Waals surface area contributed by atoms with Gasteiger partial charge in [-0.15, -0.1) is 11.3 Å². The van der Waals surface area contributed by atoms with Crippen LogP contribution in [-0.2, 0) is 19.3 Å². The average molecular weight is 391 g/mol. The topological polar surface area (TPSA) is 64.1 Å². The van der Waals surface area contributed by atoms with Gasteiger partial charge in [0.05, 0.1) is 23.3 Å². The molecule has 0 unspecified atom stereocenters. The Bertz CT molecular complexity index is 1020. The molecule has 0 bridgehead atoms. The number of amides is 1. The average Bonchev–Trinajstić information content (AvgIpc) is 3.36. The zero-order valence-electron chi connectivity index (χ0n) is 15.5. The van der Waals surface area contributed by atoms with Crippen LogP contribution >= 0.6 is 11.3 Å². The van der Waals surface area contributed by atoms with Crippen LogP contribution in [0.1, 0.15) is 39.2 Å². The number of nitrogens with zero attached hydrogens (tertiary/aromatic N) is 2. The number of hydrogen-bond donors (Lipinski definition) is 1. The predicted octanol–water partition coefficient (Wildman–Crippen LogP) is 3.82. The minimum Gasteiger partial charge on any atom is -0.487 e. The van der Waals surface area contributed by atoms with E-state index in [1.54, 1.807) is 29.9 Å². The number of aromatic nitrogens is 2. The quantitative estimate of drug-likeness (QED) is 0.734. The smallest absolute Gasteiger partial charge is 0.261 e. The third kappa shape index (κ3) is 3.18. The number of aryl methyl sites for hydroxylation is 1. The van der Waals surface area contributed by atoms with Crippen molar-refractivity contribution >= 4 is 17.2 Å². The summed E-state index contributed by atoms with van der Waals surface area (Å²) >= 11 is 1.57. The molecule has 0 radical (unpaired) electrons. The maximum absolute atomic E-state index is 12.7. The molecular weight excluding hydrogens is 370 g/mol. The van der Waals surface area contributed by atoms with Gasteiger partial charge in [0.15, 0.2) is 0 Å². The number of hydrogen-bond acceptors (Lipinski definition) is 5. The number of carbonyl (C=O) groups is 1. The van der Waals surface area contributed by atoms with Crippen molar-refractivity contribution < 1.29 is 9.53 Å². The molecule has 3 aromatic rings. The van der Waals surface area contributed by atoms with Crippen LogP contribution in [0.2, 0.25) is 0 Å². The number of fused-ring (bicyclic) bond motifs is 2. The van der Waals surface area contributed by atoms with E-state index in [0.29, 0.717) is 6.54 Å². The Balaban J connectivity index is 1.28. The summed E-state index contributed by atoms with van der Waals surface area (Å²) in [5.74, 6) is 0.887. The highest BCUT2D eigenvalue weighted by atomic mass is 32.1. The van der Waals surface area contributed by atoms with Crippen LogP contribution in [0, 0.1) is 0 Å². The largest absolute Gasteiger partial charge is 0.487 e. The SMILES string of the molecule is O=C(NC[C@H]1Cc2cccc(-c3cnccn3)c2O1)c1scc2c1CCCC2. The second-order valence-electron chi connectivity index (χ2n) is 7.31. The minimum atomic E-state index is -0.0624. The molecule has 1 aliphatic heterocycles. The fraction of sp³-hybridized carbons (Fsp3) is 0.318. The van der Waals surface area contributed by atoms with Gasteiger partial charge in [-0.25, -0.2) is 0 Å². The number of para-hydroxylation sites is 1. The van der Waals surface area contributed by atoms with Gasteiger partial charge in [0, 0.05) is 24.4 Å². The van der Waals surface area contributed by atoms with Crippen molar-refractivity contribution in [3.63, 3.8) is 0 Å². The van der Waals surface area contributed by atoms with Crippen LogP contribution < -0.4 is 10.1 Å². The minimum absolute atomic E-state index is 0.0295. The van der Waals surface area contributed by atoms with E-state index in [4.69, 9.17) is 4.74 Å². The van der Waals surface area contributed by atoms with Gasteiger partial charge >= 0.3 is 0 Å². The van der Waals surface area contributed by atoms with Crippen LogP contribution in [0.25, 0.3) is 11.3 Å². The van der Waals surface area contributed by atoms with Crippen molar-refractivity contribution in [2.45, 2.75) is 38.2 Å². The summed E-state index contributed by atoms with van der Waals surface area (Å²) in [6.45, 7) is 0.500. The summed E-state index contributed by atoms with van der Waals surface area (Å²) in [5, 5.41) is 5.24. The molecule has 0 fully saturated rings. The van der Waals surface area contributed by atoms with Crippen LogP contribution in [0.4, 0.5) is 0 Å². The fourth-order valence-electron chi connectivity index (χ4n) is 4.09. The Morgan fingerprint density at radius 3 is 3.04 bits per heavy atom. The zero-order valence-corrected chi connectivity index (χ0v) is 16.3. The van der Waals surface area contributed by atoms with Crippen molar-refractivity contribution in [3.8, 4) is 17.0 Å². The first-order valence-electron chi connectivity index (χ1n) is 9.72. The lowest BCUT2D eigenvalue weighted by molar-refractivity contribution is 0.0936. The lowest BCUT2D eigenvalue weighted by Gasteiger charge is -2.15. The number of thiophene rings is 1. The third-order valence-electron chi connectivity index (χ3n) is 5.47. The van der Waals surface area contributed by atoms with Crippen LogP contribution in [0.5, 0.6) is 5.75 Å². The lowest BCUT2D eigenvalue weighted by atomic mass is 9.94. The van der Waals surface area contributed by atoms with E-state index in [0.717, 1.165) is 46.7 Å². The summed E-state index contributed by atoms with van der Waals surface area (Å²) in [6, 6.07) is 6.10. The van der Waals surface area contributed by atoms with E-state index in [9.17, 15) is 4.79 Å². The Kier molecular flexibility index (Phi) is 4.56. The molecule has 1 atom stereocenters. The molecule has 3 heterocycles. The van der Waals surface area contributed by atoms with Crippen LogP contribution in [0.3, 0.4) is 0 Å². The first kappa shape index (κ1) is 17.4. The zero-order chi connectivity index (χ0) is 18.9. The molecule has 0 saturated carbocycles. The predicted molar refractivity (Wildman–Crippen MR) is 109 cm³/mol. The molecule has 1 aromatic carbocycles. The molecule has 2 aliphatic rings. The Hall–Kier alpha value is -2.73. The molecule has 1 N–H and O–H groups in total. The van der Waals surface area contributed by atoms with Gasteiger partial charge < -0.3 is 10.1 Å². The lowest BCUT2D eigenvalue weighted by Crippen LogP contribution is -2.34. The van der Waals surface area contributed by atoms with Crippen molar-refractivity contribution in [1.82, 2.24) is 15.3 Å². The monoisotopic (exact) mass is 391 g/mol. The molecule has 5 rings (SSSR count). The molecule has 28 heavy (non-hydrogen) atoms. The van der Waals surface area contributed by atoms with E-state index >= 15 is 0 Å². The first-order chi connectivity index (χ1) is 13.8. The third-order valence-corrected chi connectivity index (χ3v) is 6.54. The summed E-state index contributed by atoms with van der Waals surface area (Å²) < 4.78 is 6.19. The molecule has 6 heteroatoms. The Morgan fingerprint density at radius 2 is 2.14 bits per heavy atom. The maximum Gasteiger partial charge on any atom is 0.261 e. The summed E-state index contributed by atoms with van der Waals surface area (Å²) in [6.07, 6.45) is 10.3. The first-order valence-corrected chi connectivity index (χ1v) is 10.6. The number of carbonyl (C=O) groups excluding carboxylic acids is 1. The van der Waals surface area contributed by atoms with Gasteiger partial charge in [0.25, 0.3) is 5.91 Å². The van der Waals surface area contributed by atoms with E-state index in [1.807, 2.05) is 12.1 Å². The number of ether oxygens (including phenoxy) is 1. The molecule has 0 spiro atoms. The van der Waals surface area contributed by atoms with E-state index in [1.165, 1.54) is 24.0 Å². The summed E-state index contributed by atoms with van der Waals surface area (Å²) in [5.41, 5.74) is 5.52. The Labute approximate surface area is 167 Å². The van der Waals surface area contributed by atoms with Crippen molar-refractivity contribution in [2.75, 3.05) is 6.54 Å². The van der Waals surface area contributed by atoms with Gasteiger partial charge in [-0.1, -0.05) is 12.1 Å². The van der Waals surface area contributed by atoms with Gasteiger partial charge in [0.1, 0.15) is 11.9 Å². The van der Waals surface area contributed by atoms with Gasteiger partial charge in [0.2, 0.25) is 0 Å². The van der Waals surface area contributed by atoms with Crippen molar-refractivity contribution in [1.29, 1.82) is 0 Å².